The van der Waals surface area contributed by atoms with E-state index in [0.29, 0.717) is 41.0 Å². The van der Waals surface area contributed by atoms with E-state index in [1.165, 1.54) is 47.9 Å². The second-order valence-electron chi connectivity index (χ2n) is 20.2. The molecule has 1 spiro atoms. The Balaban J connectivity index is 0.980. The van der Waals surface area contributed by atoms with E-state index < -0.39 is 0 Å². The van der Waals surface area contributed by atoms with Gasteiger partial charge in [-0.15, -0.1) is 0 Å². The summed E-state index contributed by atoms with van der Waals surface area (Å²) in [5.41, 5.74) is 16.1. The van der Waals surface area contributed by atoms with Crippen molar-refractivity contribution in [3.8, 4) is 67.5 Å². The van der Waals surface area contributed by atoms with Crippen molar-refractivity contribution in [1.29, 1.82) is 0 Å². The van der Waals surface area contributed by atoms with E-state index in [-0.39, 0.29) is 5.41 Å². The Morgan fingerprint density at radius 2 is 1.15 bits per heavy atom. The molecular formula is C65H58N6. The highest BCUT2D eigenvalue weighted by Crippen LogP contribution is 2.64. The van der Waals surface area contributed by atoms with E-state index >= 15 is 0 Å². The summed E-state index contributed by atoms with van der Waals surface area (Å²) >= 11 is 0. The molecule has 6 nitrogen and oxygen atoms in total. The number of nitrogens with zero attached hydrogens (tertiary/aromatic N) is 5. The Labute approximate surface area is 418 Å². The lowest BCUT2D eigenvalue weighted by molar-refractivity contribution is 0.0426. The summed E-state index contributed by atoms with van der Waals surface area (Å²) in [5, 5.41) is 3.79. The minimum atomic E-state index is 0.0863. The molecule has 1 aromatic heterocycles. The van der Waals surface area contributed by atoms with E-state index in [9.17, 15) is 0 Å². The van der Waals surface area contributed by atoms with Crippen LogP contribution in [-0.2, 0) is 5.41 Å². The number of amidine groups is 2. The Bertz CT molecular complexity index is 3330. The summed E-state index contributed by atoms with van der Waals surface area (Å²) in [5.74, 6) is 5.96. The molecule has 7 aromatic carbocycles. The lowest BCUT2D eigenvalue weighted by Crippen LogP contribution is -2.49. The van der Waals surface area contributed by atoms with Gasteiger partial charge >= 0.3 is 0 Å². The minimum Gasteiger partial charge on any atom is -0.343 e. The van der Waals surface area contributed by atoms with Crippen molar-refractivity contribution in [3.63, 3.8) is 0 Å². The van der Waals surface area contributed by atoms with Gasteiger partial charge in [0.15, 0.2) is 23.3 Å². The van der Waals surface area contributed by atoms with Gasteiger partial charge in [-0.1, -0.05) is 184 Å². The van der Waals surface area contributed by atoms with Crippen molar-refractivity contribution >= 4 is 11.7 Å². The number of aromatic nitrogens is 3. The minimum absolute atomic E-state index is 0.0863. The van der Waals surface area contributed by atoms with Gasteiger partial charge in [0, 0.05) is 46.0 Å². The predicted octanol–water partition coefficient (Wildman–Crippen LogP) is 15.2. The molecule has 71 heavy (non-hydrogen) atoms. The standard InChI is InChI=1S/C65H58N6/c1-42-36-44-38-43(2)65(52(37-42)39-44)58-27-17-16-26-54(58)56-40-51(33-35-59(56)65)46-30-28-45(29-31-46)50-32-34-55(63-70-61(48-20-10-5-11-21-48)69-62(71-63)49-22-12-6-13-23-49)57(41-50)64(67-53-24-14-7-15-25-53)68-60(66-3)47-18-8-4-9-19-47/h4-14,16-24,26-35,40-44,52H,15,25,36-39H2,1-3H3,(H,66,67,68). The van der Waals surface area contributed by atoms with Crippen LogP contribution in [0.2, 0.25) is 0 Å². The highest BCUT2D eigenvalue weighted by atomic mass is 15.1. The molecule has 6 heteroatoms. The Morgan fingerprint density at radius 1 is 0.549 bits per heavy atom. The number of rotatable bonds is 8. The van der Waals surface area contributed by atoms with Crippen LogP contribution >= 0.6 is 0 Å². The maximum absolute atomic E-state index is 5.39. The van der Waals surface area contributed by atoms with Crippen molar-refractivity contribution < 1.29 is 0 Å². The van der Waals surface area contributed by atoms with Crippen LogP contribution in [0.3, 0.4) is 0 Å². The lowest BCUT2D eigenvalue weighted by atomic mass is 9.49. The molecule has 2 saturated carbocycles. The summed E-state index contributed by atoms with van der Waals surface area (Å²) < 4.78 is 0. The molecule has 4 aliphatic rings. The number of hydrogen-bond acceptors (Lipinski definition) is 4. The van der Waals surface area contributed by atoms with Crippen LogP contribution in [0.15, 0.2) is 210 Å². The second-order valence-corrected chi connectivity index (χ2v) is 20.2. The zero-order valence-electron chi connectivity index (χ0n) is 40.8. The molecule has 348 valence electrons. The topological polar surface area (TPSA) is 75.4 Å². The van der Waals surface area contributed by atoms with Crippen LogP contribution in [0, 0.1) is 23.7 Å². The van der Waals surface area contributed by atoms with Gasteiger partial charge < -0.3 is 5.32 Å². The molecule has 0 amide bonds. The number of fused-ring (bicyclic) bond motifs is 8. The van der Waals surface area contributed by atoms with E-state index in [4.69, 9.17) is 24.9 Å². The fourth-order valence-corrected chi connectivity index (χ4v) is 12.8. The van der Waals surface area contributed by atoms with E-state index in [2.05, 4.69) is 134 Å². The molecule has 0 saturated heterocycles. The number of allylic oxidation sites excluding steroid dienone is 4. The third kappa shape index (κ3) is 8.25. The maximum Gasteiger partial charge on any atom is 0.164 e. The molecule has 0 aliphatic heterocycles. The number of benzene rings is 7. The summed E-state index contributed by atoms with van der Waals surface area (Å²) in [7, 11) is 1.80. The SMILES string of the molecule is CN=C(N=C(NC1=CC=CCC1)c1cc(-c2ccc(-c3ccc4c(c3)-c3ccccc3C43C(C)CC4CC(C)CC3C4)cc2)ccc1-c1nc(-c2ccccc2)nc(-c2ccccc2)n1)c1ccccc1. The Kier molecular flexibility index (Phi) is 11.8. The molecule has 0 radical (unpaired) electrons. The van der Waals surface area contributed by atoms with Gasteiger partial charge in [-0.2, -0.15) is 0 Å². The van der Waals surface area contributed by atoms with Gasteiger partial charge in [-0.3, -0.25) is 4.99 Å². The summed E-state index contributed by atoms with van der Waals surface area (Å²) in [4.78, 5) is 25.6. The second kappa shape index (κ2) is 18.8. The molecule has 1 heterocycles. The summed E-state index contributed by atoms with van der Waals surface area (Å²) in [6.07, 6.45) is 13.6. The first-order valence-electron chi connectivity index (χ1n) is 25.5. The van der Waals surface area contributed by atoms with Crippen molar-refractivity contribution in [1.82, 2.24) is 20.3 Å². The first kappa shape index (κ1) is 44.4. The third-order valence-electron chi connectivity index (χ3n) is 15.8. The molecule has 4 aliphatic carbocycles. The molecule has 8 aromatic rings. The van der Waals surface area contributed by atoms with Crippen molar-refractivity contribution in [2.45, 2.75) is 57.8 Å². The number of nitrogens with one attached hydrogen (secondary N) is 1. The molecule has 2 fully saturated rings. The molecule has 2 bridgehead atoms. The zero-order valence-corrected chi connectivity index (χ0v) is 40.8. The number of aliphatic imine (C=N–C) groups is 2. The average molecular weight is 923 g/mol. The van der Waals surface area contributed by atoms with E-state index in [1.807, 2.05) is 78.9 Å². The Hall–Kier alpha value is -7.83. The highest BCUT2D eigenvalue weighted by Gasteiger charge is 2.56. The average Bonchev–Trinajstić information content (AvgIpc) is 3.72. The quantitative estimate of drug-likeness (QED) is 0.122. The third-order valence-corrected chi connectivity index (χ3v) is 15.8. The van der Waals surface area contributed by atoms with Crippen molar-refractivity contribution in [2.75, 3.05) is 7.05 Å². The molecule has 1 N–H and O–H groups in total. The van der Waals surface area contributed by atoms with Crippen LogP contribution in [0.25, 0.3) is 67.5 Å². The predicted molar refractivity (Wildman–Crippen MR) is 292 cm³/mol. The van der Waals surface area contributed by atoms with Crippen LogP contribution in [0.5, 0.6) is 0 Å². The van der Waals surface area contributed by atoms with Crippen molar-refractivity contribution in [2.24, 2.45) is 33.7 Å². The van der Waals surface area contributed by atoms with E-state index in [0.717, 1.165) is 69.3 Å². The molecule has 5 atom stereocenters. The van der Waals surface area contributed by atoms with Crippen LogP contribution in [0.1, 0.15) is 74.6 Å². The largest absolute Gasteiger partial charge is 0.343 e. The Morgan fingerprint density at radius 3 is 1.83 bits per heavy atom. The fraction of sp³-hybridized carbons (Fsp3) is 0.215. The van der Waals surface area contributed by atoms with Gasteiger partial charge in [0.05, 0.1) is 0 Å². The zero-order chi connectivity index (χ0) is 47.9. The molecular weight excluding hydrogens is 865 g/mol. The van der Waals surface area contributed by atoms with Crippen LogP contribution in [-0.4, -0.2) is 33.7 Å². The van der Waals surface area contributed by atoms with Gasteiger partial charge in [0.1, 0.15) is 5.84 Å². The van der Waals surface area contributed by atoms with E-state index in [1.54, 1.807) is 18.2 Å². The van der Waals surface area contributed by atoms with Crippen LogP contribution < -0.4 is 5.32 Å². The van der Waals surface area contributed by atoms with Crippen molar-refractivity contribution in [3.05, 3.63) is 222 Å². The van der Waals surface area contributed by atoms with Gasteiger partial charge in [0.2, 0.25) is 0 Å². The maximum atomic E-state index is 5.39. The fourth-order valence-electron chi connectivity index (χ4n) is 12.8. The highest BCUT2D eigenvalue weighted by molar-refractivity contribution is 6.14. The first-order valence-corrected chi connectivity index (χ1v) is 25.5. The number of hydrogen-bond donors (Lipinski definition) is 1. The monoisotopic (exact) mass is 922 g/mol. The molecule has 5 unspecified atom stereocenters. The van der Waals surface area contributed by atoms with Gasteiger partial charge in [-0.05, 0) is 131 Å². The lowest BCUT2D eigenvalue weighted by Gasteiger charge is -2.54. The van der Waals surface area contributed by atoms with Gasteiger partial charge in [-0.25, -0.2) is 19.9 Å². The first-order chi connectivity index (χ1) is 34.9. The summed E-state index contributed by atoms with van der Waals surface area (Å²) in [6, 6.07) is 62.8. The summed E-state index contributed by atoms with van der Waals surface area (Å²) in [6.45, 7) is 5.04. The normalized spacial score (nSPS) is 21.4. The smallest absolute Gasteiger partial charge is 0.164 e. The van der Waals surface area contributed by atoms with Crippen LogP contribution in [0.4, 0.5) is 0 Å². The molecule has 12 rings (SSSR count). The van der Waals surface area contributed by atoms with Gasteiger partial charge in [0.25, 0.3) is 0 Å².